The van der Waals surface area contributed by atoms with Crippen LogP contribution >= 0.6 is 11.6 Å². The van der Waals surface area contributed by atoms with Crippen LogP contribution in [-0.2, 0) is 20.6 Å². The Morgan fingerprint density at radius 1 is 1.29 bits per heavy atom. The largest absolute Gasteiger partial charge is 0.354 e. The first kappa shape index (κ1) is 16.3. The summed E-state index contributed by atoms with van der Waals surface area (Å²) in [5.41, 5.74) is 0.725. The van der Waals surface area contributed by atoms with E-state index in [2.05, 4.69) is 5.32 Å². The Labute approximate surface area is 130 Å². The molecule has 5 nitrogen and oxygen atoms in total. The minimum absolute atomic E-state index is 0.0189. The van der Waals surface area contributed by atoms with Gasteiger partial charge in [0, 0.05) is 31.1 Å². The molecule has 1 fully saturated rings. The average Bonchev–Trinajstić information content (AvgIpc) is 2.41. The van der Waals surface area contributed by atoms with E-state index < -0.39 is 10.0 Å². The van der Waals surface area contributed by atoms with Gasteiger partial charge in [-0.1, -0.05) is 23.7 Å². The van der Waals surface area contributed by atoms with Gasteiger partial charge in [0.05, 0.1) is 5.75 Å². The van der Waals surface area contributed by atoms with E-state index in [1.807, 2.05) is 0 Å². The molecule has 1 aliphatic heterocycles. The summed E-state index contributed by atoms with van der Waals surface area (Å²) in [6, 6.07) is 6.91. The molecule has 1 amide bonds. The second-order valence-corrected chi connectivity index (χ2v) is 7.66. The van der Waals surface area contributed by atoms with Gasteiger partial charge in [-0.2, -0.15) is 0 Å². The Morgan fingerprint density at radius 3 is 2.38 bits per heavy atom. The van der Waals surface area contributed by atoms with Crippen LogP contribution in [0.3, 0.4) is 0 Å². The second-order valence-electron chi connectivity index (χ2n) is 5.26. The van der Waals surface area contributed by atoms with E-state index in [1.54, 1.807) is 24.3 Å². The molecule has 2 rings (SSSR count). The van der Waals surface area contributed by atoms with Crippen LogP contribution in [0.15, 0.2) is 24.3 Å². The lowest BCUT2D eigenvalue weighted by atomic mass is 10.1. The zero-order chi connectivity index (χ0) is 15.5. The molecule has 1 saturated heterocycles. The third-order valence-corrected chi connectivity index (χ3v) is 5.62. The molecule has 1 aromatic carbocycles. The maximum atomic E-state index is 12.4. The van der Waals surface area contributed by atoms with Crippen molar-refractivity contribution in [3.05, 3.63) is 34.9 Å². The zero-order valence-electron chi connectivity index (χ0n) is 11.9. The number of rotatable bonds is 4. The summed E-state index contributed by atoms with van der Waals surface area (Å²) in [6.45, 7) is 2.37. The molecular formula is C14H19ClN2O3S. The number of nitrogens with zero attached hydrogens (tertiary/aromatic N) is 1. The highest BCUT2D eigenvalue weighted by atomic mass is 35.5. The predicted octanol–water partition coefficient (Wildman–Crippen LogP) is 1.77. The van der Waals surface area contributed by atoms with Crippen molar-refractivity contribution in [2.45, 2.75) is 31.6 Å². The van der Waals surface area contributed by atoms with E-state index in [-0.39, 0.29) is 17.7 Å². The molecule has 0 radical (unpaired) electrons. The number of hydrogen-bond acceptors (Lipinski definition) is 3. The molecule has 0 saturated carbocycles. The molecule has 0 spiro atoms. The van der Waals surface area contributed by atoms with Crippen molar-refractivity contribution in [3.8, 4) is 0 Å². The third-order valence-electron chi connectivity index (χ3n) is 3.52. The zero-order valence-corrected chi connectivity index (χ0v) is 13.5. The first-order chi connectivity index (χ1) is 9.87. The molecule has 0 bridgehead atoms. The highest BCUT2D eigenvalue weighted by Crippen LogP contribution is 2.18. The van der Waals surface area contributed by atoms with E-state index in [4.69, 9.17) is 11.6 Å². The number of hydrogen-bond donors (Lipinski definition) is 1. The molecule has 1 heterocycles. The van der Waals surface area contributed by atoms with E-state index in [0.29, 0.717) is 31.0 Å². The Balaban J connectivity index is 1.95. The normalized spacial score (nSPS) is 17.6. The van der Waals surface area contributed by atoms with Crippen molar-refractivity contribution >= 4 is 27.5 Å². The summed E-state index contributed by atoms with van der Waals surface area (Å²) in [5.74, 6) is -0.0907. The first-order valence-electron chi connectivity index (χ1n) is 6.86. The molecule has 116 valence electrons. The Hall–Kier alpha value is -1.11. The molecule has 7 heteroatoms. The number of carbonyl (C=O) groups is 1. The summed E-state index contributed by atoms with van der Waals surface area (Å²) in [4.78, 5) is 11.0. The quantitative estimate of drug-likeness (QED) is 0.915. The Morgan fingerprint density at radius 2 is 1.86 bits per heavy atom. The van der Waals surface area contributed by atoms with Gasteiger partial charge in [0.15, 0.2) is 0 Å². The lowest BCUT2D eigenvalue weighted by Crippen LogP contribution is -2.46. The summed E-state index contributed by atoms with van der Waals surface area (Å²) >= 11 is 5.79. The van der Waals surface area contributed by atoms with Gasteiger partial charge in [-0.05, 0) is 30.5 Å². The third kappa shape index (κ3) is 4.69. The number of sulfonamides is 1. The van der Waals surface area contributed by atoms with Gasteiger partial charge in [0.2, 0.25) is 15.9 Å². The number of piperidine rings is 1. The Bertz CT molecular complexity index is 593. The van der Waals surface area contributed by atoms with E-state index in [1.165, 1.54) is 11.2 Å². The van der Waals surface area contributed by atoms with Gasteiger partial charge >= 0.3 is 0 Å². The maximum Gasteiger partial charge on any atom is 0.218 e. The van der Waals surface area contributed by atoms with Gasteiger partial charge in [-0.15, -0.1) is 0 Å². The van der Waals surface area contributed by atoms with Crippen LogP contribution in [0.5, 0.6) is 0 Å². The predicted molar refractivity (Wildman–Crippen MR) is 82.5 cm³/mol. The van der Waals surface area contributed by atoms with Crippen LogP contribution in [0.2, 0.25) is 5.02 Å². The highest BCUT2D eigenvalue weighted by molar-refractivity contribution is 7.88. The fourth-order valence-corrected chi connectivity index (χ4v) is 4.14. The van der Waals surface area contributed by atoms with Crippen molar-refractivity contribution in [3.63, 3.8) is 0 Å². The fourth-order valence-electron chi connectivity index (χ4n) is 2.45. The SMILES string of the molecule is CC(=O)NC1CCN(S(=O)(=O)Cc2ccc(Cl)cc2)CC1. The standard InChI is InChI=1S/C14H19ClN2O3S/c1-11(18)16-14-6-8-17(9-7-14)21(19,20)10-12-2-4-13(15)5-3-12/h2-5,14H,6-10H2,1H3,(H,16,18). The molecule has 0 aliphatic carbocycles. The summed E-state index contributed by atoms with van der Waals surface area (Å²) < 4.78 is 26.2. The van der Waals surface area contributed by atoms with Crippen LogP contribution in [0.25, 0.3) is 0 Å². The van der Waals surface area contributed by atoms with E-state index >= 15 is 0 Å². The molecule has 1 aromatic rings. The van der Waals surface area contributed by atoms with Crippen LogP contribution in [0.4, 0.5) is 0 Å². The number of nitrogens with one attached hydrogen (secondary N) is 1. The topological polar surface area (TPSA) is 66.5 Å². The summed E-state index contributed by atoms with van der Waals surface area (Å²) in [7, 11) is -3.32. The number of halogens is 1. The van der Waals surface area contributed by atoms with Gasteiger partial charge in [0.25, 0.3) is 0 Å². The second kappa shape index (κ2) is 6.77. The molecule has 1 aliphatic rings. The lowest BCUT2D eigenvalue weighted by Gasteiger charge is -2.31. The Kier molecular flexibility index (Phi) is 5.24. The fraction of sp³-hybridized carbons (Fsp3) is 0.500. The monoisotopic (exact) mass is 330 g/mol. The van der Waals surface area contributed by atoms with E-state index in [0.717, 1.165) is 5.56 Å². The molecule has 1 N–H and O–H groups in total. The molecular weight excluding hydrogens is 312 g/mol. The maximum absolute atomic E-state index is 12.4. The van der Waals surface area contributed by atoms with Crippen molar-refractivity contribution in [1.82, 2.24) is 9.62 Å². The number of carbonyl (C=O) groups excluding carboxylic acids is 1. The summed E-state index contributed by atoms with van der Waals surface area (Å²) in [6.07, 6.45) is 1.30. The lowest BCUT2D eigenvalue weighted by molar-refractivity contribution is -0.119. The van der Waals surface area contributed by atoms with Crippen LogP contribution in [0.1, 0.15) is 25.3 Å². The molecule has 0 unspecified atom stereocenters. The minimum Gasteiger partial charge on any atom is -0.354 e. The molecule has 0 atom stereocenters. The van der Waals surface area contributed by atoms with Crippen LogP contribution in [-0.4, -0.2) is 37.8 Å². The van der Waals surface area contributed by atoms with Gasteiger partial charge in [0.1, 0.15) is 0 Å². The van der Waals surface area contributed by atoms with Crippen LogP contribution in [0, 0.1) is 0 Å². The van der Waals surface area contributed by atoms with Crippen LogP contribution < -0.4 is 5.32 Å². The summed E-state index contributed by atoms with van der Waals surface area (Å²) in [5, 5.41) is 3.42. The van der Waals surface area contributed by atoms with Crippen molar-refractivity contribution in [2.75, 3.05) is 13.1 Å². The number of benzene rings is 1. The first-order valence-corrected chi connectivity index (χ1v) is 8.85. The number of amides is 1. The van der Waals surface area contributed by atoms with E-state index in [9.17, 15) is 13.2 Å². The minimum atomic E-state index is -3.32. The smallest absolute Gasteiger partial charge is 0.218 e. The van der Waals surface area contributed by atoms with Gasteiger partial charge in [-0.25, -0.2) is 12.7 Å². The molecule has 21 heavy (non-hydrogen) atoms. The highest BCUT2D eigenvalue weighted by Gasteiger charge is 2.28. The average molecular weight is 331 g/mol. The molecule has 0 aromatic heterocycles. The van der Waals surface area contributed by atoms with Crippen molar-refractivity contribution < 1.29 is 13.2 Å². The van der Waals surface area contributed by atoms with Crippen molar-refractivity contribution in [1.29, 1.82) is 0 Å². The van der Waals surface area contributed by atoms with Crippen molar-refractivity contribution in [2.24, 2.45) is 0 Å². The van der Waals surface area contributed by atoms with Gasteiger partial charge < -0.3 is 5.32 Å². The van der Waals surface area contributed by atoms with Gasteiger partial charge in [-0.3, -0.25) is 4.79 Å².